The van der Waals surface area contributed by atoms with Crippen molar-refractivity contribution in [2.24, 2.45) is 0 Å². The van der Waals surface area contributed by atoms with Gasteiger partial charge in [-0.25, -0.2) is 19.4 Å². The van der Waals surface area contributed by atoms with Crippen LogP contribution >= 0.6 is 0 Å². The third-order valence-corrected chi connectivity index (χ3v) is 8.41. The summed E-state index contributed by atoms with van der Waals surface area (Å²) >= 11 is 0. The highest BCUT2D eigenvalue weighted by Gasteiger charge is 2.36. The van der Waals surface area contributed by atoms with Crippen LogP contribution in [0.1, 0.15) is 57.4 Å². The first kappa shape index (κ1) is 23.8. The molecule has 2 atom stereocenters. The molecule has 2 bridgehead atoms. The van der Waals surface area contributed by atoms with Crippen molar-refractivity contribution in [2.75, 3.05) is 30.4 Å². The first-order valence-electron chi connectivity index (χ1n) is 14.0. The zero-order valence-electron chi connectivity index (χ0n) is 21.8. The molecule has 1 aromatic carbocycles. The molecule has 200 valence electrons. The van der Waals surface area contributed by atoms with E-state index < -0.39 is 0 Å². The van der Waals surface area contributed by atoms with E-state index in [1.54, 1.807) is 7.11 Å². The molecule has 2 saturated carbocycles. The number of ether oxygens (including phenoxy) is 2. The lowest BCUT2D eigenvalue weighted by atomic mass is 9.93. The molecule has 2 saturated heterocycles. The second-order valence-electron chi connectivity index (χ2n) is 11.2. The summed E-state index contributed by atoms with van der Waals surface area (Å²) in [4.78, 5) is 24.7. The Morgan fingerprint density at radius 1 is 0.974 bits per heavy atom. The zero-order chi connectivity index (χ0) is 25.6. The van der Waals surface area contributed by atoms with Crippen molar-refractivity contribution in [1.29, 1.82) is 0 Å². The first-order chi connectivity index (χ1) is 18.6. The molecule has 2 aliphatic heterocycles. The predicted octanol–water partition coefficient (Wildman–Crippen LogP) is 4.27. The highest BCUT2D eigenvalue weighted by atomic mass is 16.5. The molecule has 4 heterocycles. The smallest absolute Gasteiger partial charge is 0.319 e. The number of amides is 2. The van der Waals surface area contributed by atoms with Crippen LogP contribution in [-0.2, 0) is 9.47 Å². The number of carbonyl (C=O) groups is 1. The number of morpholine rings is 1. The molecule has 2 N–H and O–H groups in total. The number of nitrogens with one attached hydrogen (secondary N) is 2. The third-order valence-electron chi connectivity index (χ3n) is 8.41. The predicted molar refractivity (Wildman–Crippen MR) is 144 cm³/mol. The van der Waals surface area contributed by atoms with E-state index in [-0.39, 0.29) is 18.2 Å². The minimum Gasteiger partial charge on any atom is -0.381 e. The third kappa shape index (κ3) is 4.71. The monoisotopic (exact) mass is 517 g/mol. The van der Waals surface area contributed by atoms with Gasteiger partial charge in [0.05, 0.1) is 35.9 Å². The first-order valence-corrected chi connectivity index (χ1v) is 14.0. The van der Waals surface area contributed by atoms with E-state index in [2.05, 4.69) is 20.2 Å². The van der Waals surface area contributed by atoms with Crippen LogP contribution in [0.4, 0.5) is 16.3 Å². The lowest BCUT2D eigenvalue weighted by molar-refractivity contribution is 0.0303. The van der Waals surface area contributed by atoms with Crippen LogP contribution < -0.4 is 15.5 Å². The summed E-state index contributed by atoms with van der Waals surface area (Å²) in [7, 11) is 1.80. The number of anilines is 2. The molecule has 7 rings (SSSR count). The van der Waals surface area contributed by atoms with E-state index in [0.29, 0.717) is 24.0 Å². The highest BCUT2D eigenvalue weighted by molar-refractivity contribution is 5.91. The van der Waals surface area contributed by atoms with Crippen LogP contribution in [-0.4, -0.2) is 70.3 Å². The highest BCUT2D eigenvalue weighted by Crippen LogP contribution is 2.37. The van der Waals surface area contributed by atoms with Gasteiger partial charge in [0.1, 0.15) is 5.82 Å². The van der Waals surface area contributed by atoms with Crippen molar-refractivity contribution in [2.45, 2.75) is 81.8 Å². The number of carbonyl (C=O) groups excluding carboxylic acids is 1. The summed E-state index contributed by atoms with van der Waals surface area (Å²) in [6, 6.07) is 8.23. The lowest BCUT2D eigenvalue weighted by Gasteiger charge is -2.33. The van der Waals surface area contributed by atoms with Crippen molar-refractivity contribution < 1.29 is 14.3 Å². The Bertz CT molecular complexity index is 1300. The number of benzene rings is 1. The number of rotatable bonds is 6. The van der Waals surface area contributed by atoms with Crippen LogP contribution in [0.25, 0.3) is 22.4 Å². The number of hydrogen-bond donors (Lipinski definition) is 2. The number of urea groups is 1. The molecule has 0 unspecified atom stereocenters. The molecule has 0 spiro atoms. The van der Waals surface area contributed by atoms with Gasteiger partial charge in [-0.15, -0.1) is 0 Å². The van der Waals surface area contributed by atoms with Gasteiger partial charge in [0.2, 0.25) is 0 Å². The van der Waals surface area contributed by atoms with Crippen LogP contribution in [0.3, 0.4) is 0 Å². The standard InChI is InChI=1S/C28H35N7O3/c1-37-21-10-8-20(9-11-21)35-27-24(14-29-35)26(34-15-22-12-13-23(16-34)38-22)32-25(33-27)17-2-4-18(5-3-17)30-28(36)31-19-6-7-19/h2-5,14,19-23H,6-13,15-16H2,1H3,(H2,30,31,36)/t20?,21?,22-,23+. The molecule has 2 aromatic heterocycles. The Morgan fingerprint density at radius 2 is 1.71 bits per heavy atom. The fourth-order valence-corrected chi connectivity index (χ4v) is 6.14. The van der Waals surface area contributed by atoms with Gasteiger partial charge in [-0.1, -0.05) is 0 Å². The molecule has 3 aromatic rings. The van der Waals surface area contributed by atoms with Gasteiger partial charge in [0.15, 0.2) is 11.5 Å². The van der Waals surface area contributed by atoms with Crippen LogP contribution in [0.2, 0.25) is 0 Å². The van der Waals surface area contributed by atoms with Gasteiger partial charge in [0, 0.05) is 37.5 Å². The average molecular weight is 518 g/mol. The Kier molecular flexibility index (Phi) is 6.16. The zero-order valence-corrected chi connectivity index (χ0v) is 21.8. The summed E-state index contributed by atoms with van der Waals surface area (Å²) in [5, 5.41) is 11.7. The van der Waals surface area contributed by atoms with E-state index >= 15 is 0 Å². The van der Waals surface area contributed by atoms with Gasteiger partial charge in [0.25, 0.3) is 0 Å². The van der Waals surface area contributed by atoms with Gasteiger partial charge in [-0.2, -0.15) is 5.10 Å². The SMILES string of the molecule is COC1CCC(n2ncc3c(N4C[C@H]5CC[C@@H](C4)O5)nc(-c4ccc(NC(=O)NC5CC5)cc4)nc32)CC1. The molecule has 10 heteroatoms. The molecular weight excluding hydrogens is 482 g/mol. The van der Waals surface area contributed by atoms with Crippen molar-refractivity contribution in [1.82, 2.24) is 25.1 Å². The Morgan fingerprint density at radius 3 is 2.39 bits per heavy atom. The lowest BCUT2D eigenvalue weighted by Crippen LogP contribution is -2.43. The summed E-state index contributed by atoms with van der Waals surface area (Å²) in [6.45, 7) is 1.68. The van der Waals surface area contributed by atoms with E-state index in [9.17, 15) is 4.79 Å². The van der Waals surface area contributed by atoms with Crippen molar-refractivity contribution in [3.05, 3.63) is 30.5 Å². The van der Waals surface area contributed by atoms with Crippen LogP contribution in [0, 0.1) is 0 Å². The van der Waals surface area contributed by atoms with Crippen LogP contribution in [0.15, 0.2) is 30.5 Å². The largest absolute Gasteiger partial charge is 0.381 e. The van der Waals surface area contributed by atoms with E-state index in [4.69, 9.17) is 24.5 Å². The number of hydrogen-bond acceptors (Lipinski definition) is 7. The molecule has 4 fully saturated rings. The minimum absolute atomic E-state index is 0.158. The summed E-state index contributed by atoms with van der Waals surface area (Å²) < 4.78 is 13.8. The van der Waals surface area contributed by atoms with Gasteiger partial charge < -0.3 is 25.0 Å². The molecule has 2 amide bonds. The Labute approximate surface area is 222 Å². The second-order valence-corrected chi connectivity index (χ2v) is 11.2. The molecule has 0 radical (unpaired) electrons. The molecule has 2 aliphatic carbocycles. The van der Waals surface area contributed by atoms with Crippen LogP contribution in [0.5, 0.6) is 0 Å². The summed E-state index contributed by atoms with van der Waals surface area (Å²) in [5.41, 5.74) is 2.54. The van der Waals surface area contributed by atoms with E-state index in [1.807, 2.05) is 30.5 Å². The second kappa shape index (κ2) is 9.81. The summed E-state index contributed by atoms with van der Waals surface area (Å²) in [6.07, 6.45) is 11.2. The number of fused-ring (bicyclic) bond motifs is 3. The molecule has 4 aliphatic rings. The fourth-order valence-electron chi connectivity index (χ4n) is 6.14. The quantitative estimate of drug-likeness (QED) is 0.503. The van der Waals surface area contributed by atoms with Gasteiger partial charge in [-0.3, -0.25) is 0 Å². The maximum Gasteiger partial charge on any atom is 0.319 e. The molecular formula is C28H35N7O3. The van der Waals surface area contributed by atoms with Crippen molar-refractivity contribution in [3.63, 3.8) is 0 Å². The van der Waals surface area contributed by atoms with Gasteiger partial charge in [-0.05, 0) is 75.6 Å². The van der Waals surface area contributed by atoms with Crippen molar-refractivity contribution in [3.8, 4) is 11.4 Å². The summed E-state index contributed by atoms with van der Waals surface area (Å²) in [5.74, 6) is 1.61. The Balaban J connectivity index is 1.22. The average Bonchev–Trinajstić information content (AvgIpc) is 3.55. The number of aromatic nitrogens is 4. The van der Waals surface area contributed by atoms with E-state index in [0.717, 1.165) is 92.6 Å². The van der Waals surface area contributed by atoms with Gasteiger partial charge >= 0.3 is 6.03 Å². The minimum atomic E-state index is -0.158. The topological polar surface area (TPSA) is 106 Å². The normalized spacial score (nSPS) is 27.0. The molecule has 10 nitrogen and oxygen atoms in total. The Hall–Kier alpha value is -3.24. The molecule has 38 heavy (non-hydrogen) atoms. The van der Waals surface area contributed by atoms with Crippen molar-refractivity contribution >= 4 is 28.6 Å². The maximum absolute atomic E-state index is 12.2. The number of nitrogens with zero attached hydrogens (tertiary/aromatic N) is 5. The number of methoxy groups -OCH3 is 1. The fraction of sp³-hybridized carbons (Fsp3) is 0.571. The maximum atomic E-state index is 12.2. The van der Waals surface area contributed by atoms with E-state index in [1.165, 1.54) is 0 Å².